The second-order valence-electron chi connectivity index (χ2n) is 7.23. The number of carbonyl (C=O) groups is 4. The van der Waals surface area contributed by atoms with Crippen LogP contribution in [0.25, 0.3) is 10.9 Å². The zero-order chi connectivity index (χ0) is 23.1. The number of aromatic nitrogens is 1. The quantitative estimate of drug-likeness (QED) is 0.242. The summed E-state index contributed by atoms with van der Waals surface area (Å²) >= 11 is 0. The maximum Gasteiger partial charge on any atom is 0.328 e. The SMILES string of the molecule is CC(O)C(NC(=O)C(Cc1c[nH]c2ccccc12)NC(=O)C(N)CCC(=O)O)C(=O)O. The van der Waals surface area contributed by atoms with Crippen molar-refractivity contribution in [3.63, 3.8) is 0 Å². The molecule has 11 nitrogen and oxygen atoms in total. The van der Waals surface area contributed by atoms with Crippen molar-refractivity contribution in [3.8, 4) is 0 Å². The summed E-state index contributed by atoms with van der Waals surface area (Å²) < 4.78 is 0. The largest absolute Gasteiger partial charge is 0.481 e. The number of carbonyl (C=O) groups excluding carboxylic acids is 2. The highest BCUT2D eigenvalue weighted by Gasteiger charge is 2.31. The molecular weight excluding hydrogens is 408 g/mol. The predicted molar refractivity (Wildman–Crippen MR) is 110 cm³/mol. The third kappa shape index (κ3) is 6.52. The third-order valence-corrected chi connectivity index (χ3v) is 4.78. The zero-order valence-corrected chi connectivity index (χ0v) is 16.9. The average molecular weight is 434 g/mol. The van der Waals surface area contributed by atoms with Crippen molar-refractivity contribution in [3.05, 3.63) is 36.0 Å². The molecule has 4 unspecified atom stereocenters. The van der Waals surface area contributed by atoms with E-state index >= 15 is 0 Å². The number of rotatable bonds is 11. The molecule has 0 aliphatic rings. The van der Waals surface area contributed by atoms with Gasteiger partial charge in [0, 0.05) is 29.9 Å². The highest BCUT2D eigenvalue weighted by atomic mass is 16.4. The highest BCUT2D eigenvalue weighted by Crippen LogP contribution is 2.19. The van der Waals surface area contributed by atoms with Gasteiger partial charge in [0.25, 0.3) is 0 Å². The fraction of sp³-hybridized carbons (Fsp3) is 0.400. The number of aliphatic hydroxyl groups is 1. The third-order valence-electron chi connectivity index (χ3n) is 4.78. The van der Waals surface area contributed by atoms with Gasteiger partial charge in [-0.3, -0.25) is 14.4 Å². The molecule has 0 radical (unpaired) electrons. The first-order chi connectivity index (χ1) is 14.6. The number of nitrogens with two attached hydrogens (primary N) is 1. The molecule has 1 heterocycles. The molecule has 0 aliphatic carbocycles. The number of para-hydroxylation sites is 1. The Bertz CT molecular complexity index is 956. The summed E-state index contributed by atoms with van der Waals surface area (Å²) in [6.07, 6.45) is -0.140. The number of benzene rings is 1. The van der Waals surface area contributed by atoms with Gasteiger partial charge in [-0.2, -0.15) is 0 Å². The van der Waals surface area contributed by atoms with E-state index in [1.807, 2.05) is 24.3 Å². The molecule has 2 rings (SSSR count). The van der Waals surface area contributed by atoms with E-state index in [0.29, 0.717) is 5.56 Å². The number of hydrogen-bond donors (Lipinski definition) is 7. The van der Waals surface area contributed by atoms with Crippen LogP contribution in [0.1, 0.15) is 25.3 Å². The van der Waals surface area contributed by atoms with Gasteiger partial charge < -0.3 is 36.7 Å². The topological polar surface area (TPSA) is 195 Å². The van der Waals surface area contributed by atoms with Gasteiger partial charge in [-0.15, -0.1) is 0 Å². The van der Waals surface area contributed by atoms with Gasteiger partial charge in [0.05, 0.1) is 12.1 Å². The van der Waals surface area contributed by atoms with Crippen LogP contribution in [0.4, 0.5) is 0 Å². The van der Waals surface area contributed by atoms with Crippen molar-refractivity contribution < 1.29 is 34.5 Å². The molecule has 168 valence electrons. The number of aliphatic carboxylic acids is 2. The predicted octanol–water partition coefficient (Wildman–Crippen LogP) is -0.662. The number of aliphatic hydroxyl groups excluding tert-OH is 1. The van der Waals surface area contributed by atoms with Gasteiger partial charge in [-0.05, 0) is 25.0 Å². The van der Waals surface area contributed by atoms with Crippen LogP contribution in [-0.2, 0) is 25.6 Å². The number of hydrogen-bond acceptors (Lipinski definition) is 6. The molecule has 1 aromatic heterocycles. The Labute approximate surface area is 177 Å². The summed E-state index contributed by atoms with van der Waals surface area (Å²) in [5, 5.41) is 33.1. The standard InChI is InChI=1S/C20H26N4O7/c1-10(25)17(20(30)31)24-19(29)15(23-18(28)13(21)6-7-16(26)27)8-11-9-22-14-5-3-2-4-12(11)14/h2-5,9-10,13,15,17,22,25H,6-8,21H2,1H3,(H,23,28)(H,24,29)(H,26,27)(H,30,31). The van der Waals surface area contributed by atoms with Crippen LogP contribution < -0.4 is 16.4 Å². The first-order valence-electron chi connectivity index (χ1n) is 9.64. The summed E-state index contributed by atoms with van der Waals surface area (Å²) in [4.78, 5) is 50.3. The monoisotopic (exact) mass is 434 g/mol. The lowest BCUT2D eigenvalue weighted by Gasteiger charge is -2.24. The van der Waals surface area contributed by atoms with Gasteiger partial charge in [-0.1, -0.05) is 18.2 Å². The van der Waals surface area contributed by atoms with Gasteiger partial charge in [0.1, 0.15) is 6.04 Å². The minimum absolute atomic E-state index is 0.0133. The molecule has 4 atom stereocenters. The zero-order valence-electron chi connectivity index (χ0n) is 16.9. The number of H-pyrrole nitrogens is 1. The average Bonchev–Trinajstić information content (AvgIpc) is 3.11. The second-order valence-corrected chi connectivity index (χ2v) is 7.23. The highest BCUT2D eigenvalue weighted by molar-refractivity contribution is 5.93. The Morgan fingerprint density at radius 1 is 1.10 bits per heavy atom. The number of carboxylic acids is 2. The molecule has 8 N–H and O–H groups in total. The maximum absolute atomic E-state index is 12.8. The fourth-order valence-electron chi connectivity index (χ4n) is 3.06. The van der Waals surface area contributed by atoms with Crippen molar-refractivity contribution in [2.45, 2.75) is 50.4 Å². The van der Waals surface area contributed by atoms with Gasteiger partial charge in [0.2, 0.25) is 11.8 Å². The lowest BCUT2D eigenvalue weighted by atomic mass is 10.0. The number of amides is 2. The molecule has 0 saturated carbocycles. The Morgan fingerprint density at radius 3 is 2.39 bits per heavy atom. The van der Waals surface area contributed by atoms with E-state index in [2.05, 4.69) is 15.6 Å². The lowest BCUT2D eigenvalue weighted by molar-refractivity contribution is -0.145. The summed E-state index contributed by atoms with van der Waals surface area (Å²) in [5.41, 5.74) is 7.24. The van der Waals surface area contributed by atoms with Crippen LogP contribution in [0.2, 0.25) is 0 Å². The van der Waals surface area contributed by atoms with Gasteiger partial charge in [0.15, 0.2) is 6.04 Å². The fourth-order valence-corrected chi connectivity index (χ4v) is 3.06. The van der Waals surface area contributed by atoms with Gasteiger partial charge >= 0.3 is 11.9 Å². The van der Waals surface area contributed by atoms with Crippen LogP contribution >= 0.6 is 0 Å². The minimum atomic E-state index is -1.57. The molecule has 0 aliphatic heterocycles. The van der Waals surface area contributed by atoms with Crippen LogP contribution in [0.3, 0.4) is 0 Å². The second kappa shape index (κ2) is 10.5. The van der Waals surface area contributed by atoms with E-state index in [4.69, 9.17) is 10.8 Å². The van der Waals surface area contributed by atoms with Crippen molar-refractivity contribution in [1.82, 2.24) is 15.6 Å². The molecule has 2 aromatic rings. The first-order valence-corrected chi connectivity index (χ1v) is 9.64. The van der Waals surface area contributed by atoms with E-state index in [9.17, 15) is 29.4 Å². The molecule has 0 bridgehead atoms. The normalized spacial score (nSPS) is 14.9. The summed E-state index contributed by atoms with van der Waals surface area (Å²) in [7, 11) is 0. The number of nitrogens with one attached hydrogen (secondary N) is 3. The Kier molecular flexibility index (Phi) is 8.11. The first kappa shape index (κ1) is 23.8. The van der Waals surface area contributed by atoms with Crippen molar-refractivity contribution >= 4 is 34.7 Å². The molecule has 2 amide bonds. The Morgan fingerprint density at radius 2 is 1.77 bits per heavy atom. The summed E-state index contributed by atoms with van der Waals surface area (Å²) in [6, 6.07) is 3.36. The number of aromatic amines is 1. The molecule has 0 fully saturated rings. The molecule has 0 saturated heterocycles. The number of fused-ring (bicyclic) bond motifs is 1. The molecule has 1 aromatic carbocycles. The summed E-state index contributed by atoms with van der Waals surface area (Å²) in [5.74, 6) is -4.11. The van der Waals surface area contributed by atoms with Crippen molar-refractivity contribution in [1.29, 1.82) is 0 Å². The molecule has 31 heavy (non-hydrogen) atoms. The summed E-state index contributed by atoms with van der Waals surface area (Å²) in [6.45, 7) is 1.22. The van der Waals surface area contributed by atoms with Crippen LogP contribution in [0.15, 0.2) is 30.5 Å². The Balaban J connectivity index is 2.23. The van der Waals surface area contributed by atoms with Crippen LogP contribution in [0.5, 0.6) is 0 Å². The maximum atomic E-state index is 12.8. The van der Waals surface area contributed by atoms with Gasteiger partial charge in [-0.25, -0.2) is 4.79 Å². The van der Waals surface area contributed by atoms with E-state index in [1.165, 1.54) is 6.92 Å². The molecule has 0 spiro atoms. The van der Waals surface area contributed by atoms with E-state index in [0.717, 1.165) is 10.9 Å². The lowest BCUT2D eigenvalue weighted by Crippen LogP contribution is -2.57. The number of carboxylic acid groups (broad SMARTS) is 2. The van der Waals surface area contributed by atoms with Crippen molar-refractivity contribution in [2.24, 2.45) is 5.73 Å². The van der Waals surface area contributed by atoms with Crippen molar-refractivity contribution in [2.75, 3.05) is 0 Å². The van der Waals surface area contributed by atoms with E-state index in [-0.39, 0.29) is 19.3 Å². The molecule has 11 heteroatoms. The molecular formula is C20H26N4O7. The Hall–Kier alpha value is -3.44. The van der Waals surface area contributed by atoms with E-state index < -0.39 is 48.0 Å². The van der Waals surface area contributed by atoms with Crippen LogP contribution in [0, 0.1) is 0 Å². The van der Waals surface area contributed by atoms with E-state index in [1.54, 1.807) is 6.20 Å². The minimum Gasteiger partial charge on any atom is -0.481 e. The van der Waals surface area contributed by atoms with Crippen LogP contribution in [-0.4, -0.2) is 68.3 Å². The smallest absolute Gasteiger partial charge is 0.328 e.